The molecule has 0 aromatic heterocycles. The van der Waals surface area contributed by atoms with E-state index in [4.69, 9.17) is 4.74 Å². The number of hydrogen-bond acceptors (Lipinski definition) is 4. The van der Waals surface area contributed by atoms with Crippen LogP contribution in [-0.2, 0) is 19.9 Å². The number of carbonyl (C=O) groups is 2. The van der Waals surface area contributed by atoms with E-state index in [-0.39, 0.29) is 23.0 Å². The Morgan fingerprint density at radius 1 is 0.829 bits per heavy atom. The van der Waals surface area contributed by atoms with Crippen LogP contribution in [-0.4, -0.2) is 30.2 Å². The topological polar surface area (TPSA) is 49.9 Å². The summed E-state index contributed by atoms with van der Waals surface area (Å²) in [5.74, 6) is 0.870. The molecule has 0 saturated carbocycles. The number of ether oxygens (including phenoxy) is 1. The molecule has 1 spiro atoms. The van der Waals surface area contributed by atoms with Gasteiger partial charge in [0.1, 0.15) is 5.75 Å². The third kappa shape index (κ3) is 2.83. The maximum Gasteiger partial charge on any atom is 0.269 e. The largest absolute Gasteiger partial charge is 0.497 e. The van der Waals surface area contributed by atoms with E-state index in [0.29, 0.717) is 11.4 Å². The molecule has 3 aromatic carbocycles. The minimum Gasteiger partial charge on any atom is -0.497 e. The van der Waals surface area contributed by atoms with Crippen molar-refractivity contribution in [3.8, 4) is 5.75 Å². The normalized spacial score (nSPS) is 26.4. The molecule has 2 atom stereocenters. The van der Waals surface area contributed by atoms with E-state index in [9.17, 15) is 9.59 Å². The Labute approximate surface area is 210 Å². The number of benzene rings is 3. The van der Waals surface area contributed by atoms with Crippen molar-refractivity contribution in [3.05, 3.63) is 89.5 Å². The summed E-state index contributed by atoms with van der Waals surface area (Å²) >= 11 is 1.43. The first-order valence-corrected chi connectivity index (χ1v) is 12.9. The number of rotatable bonds is 3. The van der Waals surface area contributed by atoms with E-state index in [1.54, 1.807) is 12.0 Å². The lowest BCUT2D eigenvalue weighted by molar-refractivity contribution is -0.124. The quantitative estimate of drug-likeness (QED) is 0.495. The van der Waals surface area contributed by atoms with Gasteiger partial charge in [0.25, 0.3) is 5.91 Å². The van der Waals surface area contributed by atoms with Crippen LogP contribution < -0.4 is 14.5 Å². The maximum absolute atomic E-state index is 14.5. The summed E-state index contributed by atoms with van der Waals surface area (Å²) in [7, 11) is 1.62. The van der Waals surface area contributed by atoms with Crippen LogP contribution in [0.4, 0.5) is 11.4 Å². The molecule has 6 rings (SSSR count). The number of thioether (sulfide) groups is 1. The van der Waals surface area contributed by atoms with Crippen LogP contribution in [0, 0.1) is 0 Å². The van der Waals surface area contributed by atoms with Crippen LogP contribution in [0.5, 0.6) is 5.75 Å². The van der Waals surface area contributed by atoms with Gasteiger partial charge in [-0.05, 0) is 55.7 Å². The number of fused-ring (bicyclic) bond motifs is 1. The van der Waals surface area contributed by atoms with Crippen molar-refractivity contribution >= 4 is 35.0 Å². The highest BCUT2D eigenvalue weighted by molar-refractivity contribution is 8.02. The minimum atomic E-state index is -1.11. The average Bonchev–Trinajstić information content (AvgIpc) is 3.34. The molecule has 6 heteroatoms. The van der Waals surface area contributed by atoms with Crippen molar-refractivity contribution < 1.29 is 14.3 Å². The first-order chi connectivity index (χ1) is 16.7. The SMILES string of the molecule is COc1ccc(N2C(=O)CS[C@]23C(=O)N2c4c(cccc43)[C@](C)(c3ccccc3)CC2(C)C)cc1. The molecule has 1 fully saturated rings. The van der Waals surface area contributed by atoms with E-state index in [0.717, 1.165) is 23.2 Å². The van der Waals surface area contributed by atoms with E-state index < -0.39 is 10.4 Å². The standard InChI is InChI=1S/C29H28N2O3S/c1-27(2)18-28(3,19-9-6-5-7-10-19)22-11-8-12-23-25(22)31(27)26(33)29(23)30(24(32)17-35-29)20-13-15-21(34-4)16-14-20/h5-16H,17-18H2,1-4H3/t28-,29+/m0/s1. The summed E-state index contributed by atoms with van der Waals surface area (Å²) < 4.78 is 5.32. The van der Waals surface area contributed by atoms with Gasteiger partial charge < -0.3 is 9.64 Å². The van der Waals surface area contributed by atoms with Gasteiger partial charge in [0.15, 0.2) is 0 Å². The van der Waals surface area contributed by atoms with Crippen molar-refractivity contribution in [3.63, 3.8) is 0 Å². The molecule has 35 heavy (non-hydrogen) atoms. The lowest BCUT2D eigenvalue weighted by atomic mass is 9.65. The predicted molar refractivity (Wildman–Crippen MR) is 140 cm³/mol. The molecule has 5 nitrogen and oxygen atoms in total. The molecule has 178 valence electrons. The fraction of sp³-hybridized carbons (Fsp3) is 0.310. The number of hydrogen-bond donors (Lipinski definition) is 0. The first-order valence-electron chi connectivity index (χ1n) is 11.9. The Morgan fingerprint density at radius 3 is 2.20 bits per heavy atom. The zero-order chi connectivity index (χ0) is 24.6. The second-order valence-electron chi connectivity index (χ2n) is 10.4. The highest BCUT2D eigenvalue weighted by atomic mass is 32.2. The number of para-hydroxylation sites is 1. The van der Waals surface area contributed by atoms with E-state index in [1.165, 1.54) is 17.3 Å². The Hall–Kier alpha value is -3.25. The van der Waals surface area contributed by atoms with Gasteiger partial charge in [-0.1, -0.05) is 55.5 Å². The third-order valence-corrected chi connectivity index (χ3v) is 9.20. The molecule has 2 amide bonds. The summed E-state index contributed by atoms with van der Waals surface area (Å²) in [5.41, 5.74) is 4.23. The van der Waals surface area contributed by atoms with Crippen molar-refractivity contribution in [2.75, 3.05) is 22.7 Å². The van der Waals surface area contributed by atoms with Gasteiger partial charge in [-0.3, -0.25) is 14.5 Å². The molecule has 0 aliphatic carbocycles. The lowest BCUT2D eigenvalue weighted by Gasteiger charge is -2.50. The Balaban J connectivity index is 1.60. The second-order valence-corrected chi connectivity index (χ2v) is 11.6. The number of nitrogens with zero attached hydrogens (tertiary/aromatic N) is 2. The van der Waals surface area contributed by atoms with Crippen molar-refractivity contribution in [1.29, 1.82) is 0 Å². The van der Waals surface area contributed by atoms with Crippen LogP contribution >= 0.6 is 11.8 Å². The van der Waals surface area contributed by atoms with Crippen LogP contribution in [0.15, 0.2) is 72.8 Å². The van der Waals surface area contributed by atoms with Crippen molar-refractivity contribution in [2.24, 2.45) is 0 Å². The summed E-state index contributed by atoms with van der Waals surface area (Å²) in [6.45, 7) is 6.56. The van der Waals surface area contributed by atoms with Gasteiger partial charge >= 0.3 is 0 Å². The van der Waals surface area contributed by atoms with Crippen molar-refractivity contribution in [2.45, 2.75) is 43.0 Å². The molecule has 0 radical (unpaired) electrons. The van der Waals surface area contributed by atoms with Gasteiger partial charge in [0, 0.05) is 22.2 Å². The Morgan fingerprint density at radius 2 is 1.51 bits per heavy atom. The molecule has 3 heterocycles. The number of methoxy groups -OCH3 is 1. The zero-order valence-electron chi connectivity index (χ0n) is 20.4. The van der Waals surface area contributed by atoms with Gasteiger partial charge in [-0.2, -0.15) is 0 Å². The fourth-order valence-corrected chi connectivity index (χ4v) is 7.77. The minimum absolute atomic E-state index is 0.0354. The Bertz CT molecular complexity index is 1350. The summed E-state index contributed by atoms with van der Waals surface area (Å²) in [4.78, 5) is 30.4. The molecule has 3 aliphatic rings. The van der Waals surface area contributed by atoms with Gasteiger partial charge in [-0.15, -0.1) is 11.8 Å². The third-order valence-electron chi connectivity index (χ3n) is 7.81. The molecule has 1 saturated heterocycles. The highest BCUT2D eigenvalue weighted by Gasteiger charge is 2.65. The number of anilines is 2. The van der Waals surface area contributed by atoms with Gasteiger partial charge in [0.05, 0.1) is 18.6 Å². The van der Waals surface area contributed by atoms with Gasteiger partial charge in [-0.25, -0.2) is 0 Å². The smallest absolute Gasteiger partial charge is 0.269 e. The predicted octanol–water partition coefficient (Wildman–Crippen LogP) is 5.46. The summed E-state index contributed by atoms with van der Waals surface area (Å²) in [6, 6.07) is 24.2. The average molecular weight is 485 g/mol. The van der Waals surface area contributed by atoms with E-state index in [1.807, 2.05) is 47.4 Å². The molecule has 3 aromatic rings. The van der Waals surface area contributed by atoms with Crippen LogP contribution in [0.2, 0.25) is 0 Å². The summed E-state index contributed by atoms with van der Waals surface area (Å²) in [6.07, 6.45) is 0.781. The fourth-order valence-electron chi connectivity index (χ4n) is 6.44. The number of carbonyl (C=O) groups excluding carboxylic acids is 2. The van der Waals surface area contributed by atoms with Crippen molar-refractivity contribution in [1.82, 2.24) is 0 Å². The summed E-state index contributed by atoms with van der Waals surface area (Å²) in [5, 5.41) is 0. The van der Waals surface area contributed by atoms with Crippen LogP contribution in [0.3, 0.4) is 0 Å². The van der Waals surface area contributed by atoms with Crippen LogP contribution in [0.25, 0.3) is 0 Å². The highest BCUT2D eigenvalue weighted by Crippen LogP contribution is 2.62. The molecule has 3 aliphatic heterocycles. The Kier molecular flexibility index (Phi) is 4.68. The molecule has 0 bridgehead atoms. The second kappa shape index (κ2) is 7.37. The molecular weight excluding hydrogens is 456 g/mol. The van der Waals surface area contributed by atoms with Gasteiger partial charge in [0.2, 0.25) is 10.8 Å². The molecule has 0 N–H and O–H groups in total. The van der Waals surface area contributed by atoms with E-state index >= 15 is 0 Å². The lowest BCUT2D eigenvalue weighted by Crippen LogP contribution is -2.58. The first kappa shape index (κ1) is 22.2. The maximum atomic E-state index is 14.5. The zero-order valence-corrected chi connectivity index (χ0v) is 21.2. The van der Waals surface area contributed by atoms with E-state index in [2.05, 4.69) is 51.1 Å². The van der Waals surface area contributed by atoms with Crippen LogP contribution in [0.1, 0.15) is 43.9 Å². The monoisotopic (exact) mass is 484 g/mol. The molecular formula is C29H28N2O3S. The molecule has 0 unspecified atom stereocenters. The number of amides is 2.